The summed E-state index contributed by atoms with van der Waals surface area (Å²) in [5.74, 6) is 0. The van der Waals surface area contributed by atoms with E-state index < -0.39 is 21.1 Å². The first-order valence-corrected chi connectivity index (χ1v) is 8.64. The normalized spacial score (nSPS) is 16.3. The highest BCUT2D eigenvalue weighted by molar-refractivity contribution is 7.87. The van der Waals surface area contributed by atoms with Crippen molar-refractivity contribution in [2.24, 2.45) is 0 Å². The van der Waals surface area contributed by atoms with E-state index in [1.54, 1.807) is 0 Å². The van der Waals surface area contributed by atoms with E-state index in [4.69, 9.17) is 0 Å². The molecule has 0 bridgehead atoms. The van der Waals surface area contributed by atoms with Crippen molar-refractivity contribution in [3.05, 3.63) is 35.9 Å². The van der Waals surface area contributed by atoms with E-state index in [2.05, 4.69) is 0 Å². The Bertz CT molecular complexity index is 477. The first-order chi connectivity index (χ1) is 9.49. The zero-order valence-corrected chi connectivity index (χ0v) is 15.1. The zero-order valence-electron chi connectivity index (χ0n) is 14.3. The van der Waals surface area contributed by atoms with Gasteiger partial charge in [-0.25, -0.2) is 0 Å². The van der Waals surface area contributed by atoms with Crippen molar-refractivity contribution in [1.82, 2.24) is 5.06 Å². The molecule has 0 fully saturated rings. The summed E-state index contributed by atoms with van der Waals surface area (Å²) in [4.78, 5) is 0. The number of nitrogens with zero attached hydrogens (tertiary/aromatic N) is 1. The van der Waals surface area contributed by atoms with Gasteiger partial charge in [0.25, 0.3) is 0 Å². The van der Waals surface area contributed by atoms with Gasteiger partial charge in [0.15, 0.2) is 0 Å². The first-order valence-electron chi connectivity index (χ1n) is 7.43. The molecule has 120 valence electrons. The van der Waals surface area contributed by atoms with E-state index in [-0.39, 0.29) is 11.3 Å². The smallest absolute Gasteiger partial charge is 0.0771 e. The second kappa shape index (κ2) is 6.59. The van der Waals surface area contributed by atoms with Crippen molar-refractivity contribution in [3.63, 3.8) is 0 Å². The van der Waals surface area contributed by atoms with Crippen LogP contribution in [0.4, 0.5) is 0 Å². The van der Waals surface area contributed by atoms with Crippen molar-refractivity contribution in [2.75, 3.05) is 0 Å². The highest BCUT2D eigenvalue weighted by Crippen LogP contribution is 2.39. The summed E-state index contributed by atoms with van der Waals surface area (Å²) < 4.78 is 12.2. The third-order valence-corrected chi connectivity index (χ3v) is 5.77. The SMILES string of the molecule is CC(C)S(=O)C(C)(C)C(c1ccccc1)N(O)C(C)(C)C. The molecule has 0 amide bonds. The van der Waals surface area contributed by atoms with Gasteiger partial charge < -0.3 is 5.21 Å². The lowest BCUT2D eigenvalue weighted by atomic mass is 9.91. The average Bonchev–Trinajstić information content (AvgIpc) is 2.37. The second-order valence-corrected chi connectivity index (χ2v) is 9.87. The molecule has 1 rings (SSSR count). The molecule has 1 aromatic carbocycles. The molecular weight excluding hydrogens is 282 g/mol. The maximum Gasteiger partial charge on any atom is 0.0771 e. The van der Waals surface area contributed by atoms with Crippen LogP contribution in [0.25, 0.3) is 0 Å². The molecule has 0 aromatic heterocycles. The van der Waals surface area contributed by atoms with Crippen LogP contribution in [0.1, 0.15) is 60.1 Å². The van der Waals surface area contributed by atoms with Crippen molar-refractivity contribution in [1.29, 1.82) is 0 Å². The van der Waals surface area contributed by atoms with Gasteiger partial charge in [-0.1, -0.05) is 44.2 Å². The van der Waals surface area contributed by atoms with E-state index in [0.717, 1.165) is 5.56 Å². The number of hydrogen-bond donors (Lipinski definition) is 1. The highest BCUT2D eigenvalue weighted by atomic mass is 32.2. The van der Waals surface area contributed by atoms with Gasteiger partial charge in [-0.3, -0.25) is 4.21 Å². The highest BCUT2D eigenvalue weighted by Gasteiger charge is 2.44. The van der Waals surface area contributed by atoms with Gasteiger partial charge in [-0.05, 0) is 40.2 Å². The predicted octanol–water partition coefficient (Wildman–Crippen LogP) is 4.15. The maximum atomic E-state index is 12.8. The van der Waals surface area contributed by atoms with E-state index in [1.165, 1.54) is 5.06 Å². The van der Waals surface area contributed by atoms with Gasteiger partial charge >= 0.3 is 0 Å². The summed E-state index contributed by atoms with van der Waals surface area (Å²) in [6.45, 7) is 13.7. The Kier molecular flexibility index (Phi) is 5.76. The molecule has 0 aliphatic heterocycles. The Morgan fingerprint density at radius 3 is 1.90 bits per heavy atom. The van der Waals surface area contributed by atoms with Crippen LogP contribution in [0.2, 0.25) is 0 Å². The summed E-state index contributed by atoms with van der Waals surface area (Å²) in [7, 11) is -1.07. The molecule has 0 heterocycles. The van der Waals surface area contributed by atoms with Gasteiger partial charge in [-0.2, -0.15) is 5.06 Å². The first kappa shape index (κ1) is 18.3. The van der Waals surface area contributed by atoms with Crippen LogP contribution in [-0.4, -0.2) is 30.0 Å². The lowest BCUT2D eigenvalue weighted by molar-refractivity contribution is -0.195. The fourth-order valence-electron chi connectivity index (χ4n) is 2.58. The standard InChI is InChI=1S/C17H29NO2S/c1-13(2)21(20)17(6,7)15(18(19)16(3,4)5)14-11-9-8-10-12-14/h8-13,15,19H,1-7H3. The molecule has 21 heavy (non-hydrogen) atoms. The number of rotatable bonds is 5. The Morgan fingerprint density at radius 1 is 1.05 bits per heavy atom. The number of benzene rings is 1. The van der Waals surface area contributed by atoms with Gasteiger partial charge in [0.05, 0.1) is 10.8 Å². The van der Waals surface area contributed by atoms with E-state index in [0.29, 0.717) is 0 Å². The maximum absolute atomic E-state index is 12.8. The third-order valence-electron chi connectivity index (χ3n) is 3.65. The minimum atomic E-state index is -1.07. The Labute approximate surface area is 131 Å². The molecule has 2 unspecified atom stereocenters. The van der Waals surface area contributed by atoms with Crippen molar-refractivity contribution in [2.45, 2.75) is 70.0 Å². The zero-order chi connectivity index (χ0) is 16.4. The average molecular weight is 311 g/mol. The molecule has 0 saturated heterocycles. The molecule has 2 atom stereocenters. The molecule has 0 aliphatic rings. The van der Waals surface area contributed by atoms with Crippen LogP contribution >= 0.6 is 0 Å². The fraction of sp³-hybridized carbons (Fsp3) is 0.647. The lowest BCUT2D eigenvalue weighted by Gasteiger charge is -2.44. The topological polar surface area (TPSA) is 40.5 Å². The Hall–Kier alpha value is -0.710. The van der Waals surface area contributed by atoms with Crippen LogP contribution in [0.15, 0.2) is 30.3 Å². The van der Waals surface area contributed by atoms with Crippen LogP contribution in [0, 0.1) is 0 Å². The molecule has 1 N–H and O–H groups in total. The second-order valence-electron chi connectivity index (χ2n) is 7.28. The van der Waals surface area contributed by atoms with Crippen molar-refractivity contribution in [3.8, 4) is 0 Å². The van der Waals surface area contributed by atoms with Crippen molar-refractivity contribution >= 4 is 10.8 Å². The molecule has 4 heteroatoms. The summed E-state index contributed by atoms with van der Waals surface area (Å²) in [6, 6.07) is 9.49. The van der Waals surface area contributed by atoms with E-state index in [9.17, 15) is 9.42 Å². The van der Waals surface area contributed by atoms with Crippen LogP contribution in [0.5, 0.6) is 0 Å². The largest absolute Gasteiger partial charge is 0.313 e. The van der Waals surface area contributed by atoms with E-state index >= 15 is 0 Å². The molecule has 0 aliphatic carbocycles. The lowest BCUT2D eigenvalue weighted by Crippen LogP contribution is -2.52. The van der Waals surface area contributed by atoms with Gasteiger partial charge in [0, 0.05) is 21.6 Å². The van der Waals surface area contributed by atoms with Crippen LogP contribution in [-0.2, 0) is 10.8 Å². The monoisotopic (exact) mass is 311 g/mol. The van der Waals surface area contributed by atoms with Gasteiger partial charge in [0.2, 0.25) is 0 Å². The van der Waals surface area contributed by atoms with Gasteiger partial charge in [0.1, 0.15) is 0 Å². The summed E-state index contributed by atoms with van der Waals surface area (Å²) in [5.41, 5.74) is 0.549. The molecule has 0 radical (unpaired) electrons. The summed E-state index contributed by atoms with van der Waals surface area (Å²) in [5, 5.41) is 12.2. The molecule has 0 saturated carbocycles. The third kappa shape index (κ3) is 4.15. The summed E-state index contributed by atoms with van der Waals surface area (Å²) >= 11 is 0. The van der Waals surface area contributed by atoms with Gasteiger partial charge in [-0.15, -0.1) is 0 Å². The molecule has 3 nitrogen and oxygen atoms in total. The predicted molar refractivity (Wildman–Crippen MR) is 89.9 cm³/mol. The Morgan fingerprint density at radius 2 is 1.52 bits per heavy atom. The molecule has 0 spiro atoms. The minimum absolute atomic E-state index is 0.0413. The van der Waals surface area contributed by atoms with Crippen LogP contribution < -0.4 is 0 Å². The number of hydrogen-bond acceptors (Lipinski definition) is 3. The Balaban J connectivity index is 3.36. The quantitative estimate of drug-likeness (QED) is 0.830. The fourth-order valence-corrected chi connectivity index (χ4v) is 4.25. The van der Waals surface area contributed by atoms with E-state index in [1.807, 2.05) is 78.8 Å². The molecule has 1 aromatic rings. The summed E-state index contributed by atoms with van der Waals surface area (Å²) in [6.07, 6.45) is 0. The number of hydroxylamine groups is 2. The minimum Gasteiger partial charge on any atom is -0.313 e. The molecular formula is C17H29NO2S. The van der Waals surface area contributed by atoms with Crippen LogP contribution in [0.3, 0.4) is 0 Å². The van der Waals surface area contributed by atoms with Crippen molar-refractivity contribution < 1.29 is 9.42 Å².